The SMILES string of the molecule is CCOc1ccc(N2CCN(C(=O)c3ccc(F)cc3)[C@H](C)C2=O)cc1. The van der Waals surface area contributed by atoms with Crippen molar-refractivity contribution in [3.63, 3.8) is 0 Å². The molecule has 1 atom stereocenters. The fraction of sp³-hybridized carbons (Fsp3) is 0.300. The van der Waals surface area contributed by atoms with E-state index in [1.807, 2.05) is 31.2 Å². The van der Waals surface area contributed by atoms with Crippen molar-refractivity contribution in [2.24, 2.45) is 0 Å². The van der Waals surface area contributed by atoms with Crippen LogP contribution in [-0.2, 0) is 4.79 Å². The third-order valence-corrected chi connectivity index (χ3v) is 4.47. The molecular weight excluding hydrogens is 335 g/mol. The summed E-state index contributed by atoms with van der Waals surface area (Å²) in [5.41, 5.74) is 1.15. The van der Waals surface area contributed by atoms with E-state index in [0.29, 0.717) is 25.3 Å². The van der Waals surface area contributed by atoms with E-state index in [4.69, 9.17) is 4.74 Å². The van der Waals surface area contributed by atoms with Gasteiger partial charge in [0, 0.05) is 24.3 Å². The van der Waals surface area contributed by atoms with Crippen LogP contribution in [0.25, 0.3) is 0 Å². The molecule has 2 aromatic rings. The van der Waals surface area contributed by atoms with Gasteiger partial charge in [-0.25, -0.2) is 4.39 Å². The molecule has 1 saturated heterocycles. The van der Waals surface area contributed by atoms with Crippen LogP contribution in [0.1, 0.15) is 24.2 Å². The molecule has 26 heavy (non-hydrogen) atoms. The molecule has 6 heteroatoms. The number of halogens is 1. The predicted octanol–water partition coefficient (Wildman–Crippen LogP) is 3.10. The van der Waals surface area contributed by atoms with Gasteiger partial charge in [-0.3, -0.25) is 9.59 Å². The summed E-state index contributed by atoms with van der Waals surface area (Å²) in [6, 6.07) is 12.1. The first-order valence-electron chi connectivity index (χ1n) is 8.62. The average molecular weight is 356 g/mol. The lowest BCUT2D eigenvalue weighted by atomic mass is 10.1. The quantitative estimate of drug-likeness (QED) is 0.846. The number of rotatable bonds is 4. The molecule has 3 rings (SSSR count). The van der Waals surface area contributed by atoms with E-state index in [9.17, 15) is 14.0 Å². The lowest BCUT2D eigenvalue weighted by molar-refractivity contribution is -0.124. The largest absolute Gasteiger partial charge is 0.494 e. The van der Waals surface area contributed by atoms with Gasteiger partial charge in [0.1, 0.15) is 17.6 Å². The number of benzene rings is 2. The number of nitrogens with zero attached hydrogens (tertiary/aromatic N) is 2. The molecule has 0 aromatic heterocycles. The summed E-state index contributed by atoms with van der Waals surface area (Å²) >= 11 is 0. The Balaban J connectivity index is 1.73. The molecule has 1 aliphatic heterocycles. The van der Waals surface area contributed by atoms with E-state index < -0.39 is 11.9 Å². The molecule has 0 saturated carbocycles. The topological polar surface area (TPSA) is 49.9 Å². The van der Waals surface area contributed by atoms with Crippen molar-refractivity contribution in [3.05, 3.63) is 59.9 Å². The first-order chi connectivity index (χ1) is 12.5. The minimum Gasteiger partial charge on any atom is -0.494 e. The fourth-order valence-electron chi connectivity index (χ4n) is 3.05. The van der Waals surface area contributed by atoms with Crippen LogP contribution in [0, 0.1) is 5.82 Å². The van der Waals surface area contributed by atoms with Gasteiger partial charge in [-0.1, -0.05) is 0 Å². The van der Waals surface area contributed by atoms with Gasteiger partial charge in [-0.15, -0.1) is 0 Å². The van der Waals surface area contributed by atoms with E-state index >= 15 is 0 Å². The summed E-state index contributed by atoms with van der Waals surface area (Å²) in [4.78, 5) is 28.6. The van der Waals surface area contributed by atoms with Crippen LogP contribution in [0.2, 0.25) is 0 Å². The molecule has 2 aromatic carbocycles. The van der Waals surface area contributed by atoms with Crippen LogP contribution < -0.4 is 9.64 Å². The summed E-state index contributed by atoms with van der Waals surface area (Å²) in [5.74, 6) is -0.0547. The van der Waals surface area contributed by atoms with Gasteiger partial charge in [-0.05, 0) is 62.4 Å². The second-order valence-corrected chi connectivity index (χ2v) is 6.10. The lowest BCUT2D eigenvalue weighted by Crippen LogP contribution is -2.57. The van der Waals surface area contributed by atoms with E-state index in [-0.39, 0.29) is 11.8 Å². The Labute approximate surface area is 152 Å². The molecule has 1 aliphatic rings. The molecule has 1 fully saturated rings. The van der Waals surface area contributed by atoms with Crippen LogP contribution in [-0.4, -0.2) is 42.5 Å². The second kappa shape index (κ2) is 7.56. The Morgan fingerprint density at radius 2 is 1.77 bits per heavy atom. The summed E-state index contributed by atoms with van der Waals surface area (Å²) in [6.45, 7) is 5.03. The highest BCUT2D eigenvalue weighted by Gasteiger charge is 2.35. The highest BCUT2D eigenvalue weighted by molar-refractivity contribution is 6.03. The number of carbonyl (C=O) groups excluding carboxylic acids is 2. The Bertz CT molecular complexity index is 790. The van der Waals surface area contributed by atoms with Crippen molar-refractivity contribution in [1.82, 2.24) is 4.90 Å². The molecule has 136 valence electrons. The van der Waals surface area contributed by atoms with Gasteiger partial charge in [0.15, 0.2) is 0 Å². The number of piperazine rings is 1. The number of ether oxygens (including phenoxy) is 1. The molecule has 0 N–H and O–H groups in total. The number of hydrogen-bond acceptors (Lipinski definition) is 3. The molecule has 0 radical (unpaired) electrons. The van der Waals surface area contributed by atoms with Gasteiger partial charge in [0.05, 0.1) is 6.61 Å². The zero-order chi connectivity index (χ0) is 18.7. The molecular formula is C20H21FN2O3. The maximum atomic E-state index is 13.1. The maximum Gasteiger partial charge on any atom is 0.254 e. The highest BCUT2D eigenvalue weighted by Crippen LogP contribution is 2.24. The third-order valence-electron chi connectivity index (χ3n) is 4.47. The van der Waals surface area contributed by atoms with Crippen LogP contribution in [0.4, 0.5) is 10.1 Å². The number of carbonyl (C=O) groups is 2. The molecule has 5 nitrogen and oxygen atoms in total. The van der Waals surface area contributed by atoms with Gasteiger partial charge < -0.3 is 14.5 Å². The van der Waals surface area contributed by atoms with Crippen molar-refractivity contribution in [1.29, 1.82) is 0 Å². The van der Waals surface area contributed by atoms with E-state index in [1.165, 1.54) is 29.2 Å². The summed E-state index contributed by atoms with van der Waals surface area (Å²) < 4.78 is 18.5. The van der Waals surface area contributed by atoms with E-state index in [2.05, 4.69) is 0 Å². The lowest BCUT2D eigenvalue weighted by Gasteiger charge is -2.39. The van der Waals surface area contributed by atoms with E-state index in [0.717, 1.165) is 11.4 Å². The van der Waals surface area contributed by atoms with Gasteiger partial charge in [0.25, 0.3) is 5.91 Å². The number of hydrogen-bond donors (Lipinski definition) is 0. The first kappa shape index (κ1) is 17.9. The van der Waals surface area contributed by atoms with Gasteiger partial charge in [0.2, 0.25) is 5.91 Å². The van der Waals surface area contributed by atoms with Crippen LogP contribution in [0.5, 0.6) is 5.75 Å². The average Bonchev–Trinajstić information content (AvgIpc) is 2.65. The minimum absolute atomic E-state index is 0.143. The molecule has 0 bridgehead atoms. The van der Waals surface area contributed by atoms with Crippen molar-refractivity contribution in [2.45, 2.75) is 19.9 Å². The molecule has 0 aliphatic carbocycles. The predicted molar refractivity (Wildman–Crippen MR) is 96.9 cm³/mol. The second-order valence-electron chi connectivity index (χ2n) is 6.10. The molecule has 0 spiro atoms. The van der Waals surface area contributed by atoms with Crippen molar-refractivity contribution < 1.29 is 18.7 Å². The number of amides is 2. The van der Waals surface area contributed by atoms with Crippen molar-refractivity contribution in [2.75, 3.05) is 24.6 Å². The fourth-order valence-corrected chi connectivity index (χ4v) is 3.05. The Kier molecular flexibility index (Phi) is 5.21. The monoisotopic (exact) mass is 356 g/mol. The maximum absolute atomic E-state index is 13.1. The van der Waals surface area contributed by atoms with Crippen LogP contribution >= 0.6 is 0 Å². The van der Waals surface area contributed by atoms with Crippen molar-refractivity contribution >= 4 is 17.5 Å². The number of anilines is 1. The first-order valence-corrected chi connectivity index (χ1v) is 8.62. The van der Waals surface area contributed by atoms with Crippen molar-refractivity contribution in [3.8, 4) is 5.75 Å². The van der Waals surface area contributed by atoms with Crippen LogP contribution in [0.3, 0.4) is 0 Å². The summed E-state index contributed by atoms with van der Waals surface area (Å²) in [5, 5.41) is 0. The zero-order valence-electron chi connectivity index (χ0n) is 14.8. The Morgan fingerprint density at radius 3 is 2.38 bits per heavy atom. The van der Waals surface area contributed by atoms with Crippen LogP contribution in [0.15, 0.2) is 48.5 Å². The zero-order valence-corrected chi connectivity index (χ0v) is 14.8. The molecule has 0 unspecified atom stereocenters. The Hall–Kier alpha value is -2.89. The summed E-state index contributed by atoms with van der Waals surface area (Å²) in [7, 11) is 0. The molecule has 2 amide bonds. The molecule has 1 heterocycles. The van der Waals surface area contributed by atoms with Gasteiger partial charge >= 0.3 is 0 Å². The minimum atomic E-state index is -0.590. The highest BCUT2D eigenvalue weighted by atomic mass is 19.1. The Morgan fingerprint density at radius 1 is 1.12 bits per heavy atom. The van der Waals surface area contributed by atoms with Gasteiger partial charge in [-0.2, -0.15) is 0 Å². The normalized spacial score (nSPS) is 17.3. The smallest absolute Gasteiger partial charge is 0.254 e. The van der Waals surface area contributed by atoms with E-state index in [1.54, 1.807) is 11.8 Å². The standard InChI is InChI=1S/C20H21FN2O3/c1-3-26-18-10-8-17(9-11-18)23-13-12-22(14(2)19(23)24)20(25)15-4-6-16(21)7-5-15/h4-11,14H,3,12-13H2,1-2H3/t14-/m1/s1. The summed E-state index contributed by atoms with van der Waals surface area (Å²) in [6.07, 6.45) is 0. The third kappa shape index (κ3) is 3.54.